The van der Waals surface area contributed by atoms with Crippen molar-refractivity contribution in [1.29, 1.82) is 0 Å². The molecule has 3 aromatic rings. The van der Waals surface area contributed by atoms with Gasteiger partial charge in [0.15, 0.2) is 0 Å². The van der Waals surface area contributed by atoms with E-state index in [0.29, 0.717) is 16.8 Å². The first-order chi connectivity index (χ1) is 13.1. The molecule has 0 saturated carbocycles. The molecule has 3 rings (SSSR count). The highest BCUT2D eigenvalue weighted by atomic mass is 79.9. The van der Waals surface area contributed by atoms with Crippen LogP contribution >= 0.6 is 15.9 Å². The summed E-state index contributed by atoms with van der Waals surface area (Å²) in [5, 5.41) is 13.8. The lowest BCUT2D eigenvalue weighted by Crippen LogP contribution is -2.27. The third-order valence-corrected chi connectivity index (χ3v) is 4.45. The minimum atomic E-state index is -0.239. The van der Waals surface area contributed by atoms with Crippen molar-refractivity contribution in [1.82, 2.24) is 20.3 Å². The Labute approximate surface area is 165 Å². The number of halogens is 1. The van der Waals surface area contributed by atoms with Crippen molar-refractivity contribution in [2.75, 3.05) is 11.9 Å². The van der Waals surface area contributed by atoms with Gasteiger partial charge >= 0.3 is 0 Å². The smallest absolute Gasteiger partial charge is 0.251 e. The fraction of sp³-hybridized carbons (Fsp3) is 0.263. The lowest BCUT2D eigenvalue weighted by atomic mass is 10.2. The normalized spacial score (nSPS) is 10.7. The first-order valence-corrected chi connectivity index (χ1v) is 9.53. The predicted molar refractivity (Wildman–Crippen MR) is 108 cm³/mol. The van der Waals surface area contributed by atoms with Gasteiger partial charge in [-0.25, -0.2) is 4.68 Å². The maximum atomic E-state index is 12.3. The van der Waals surface area contributed by atoms with Crippen molar-refractivity contribution >= 4 is 44.5 Å². The van der Waals surface area contributed by atoms with E-state index in [1.165, 1.54) is 0 Å². The van der Waals surface area contributed by atoms with Crippen molar-refractivity contribution < 1.29 is 9.59 Å². The number of aromatic nitrogens is 3. The van der Waals surface area contributed by atoms with E-state index in [0.717, 1.165) is 23.0 Å². The summed E-state index contributed by atoms with van der Waals surface area (Å²) in [5.74, 6) is -0.399. The molecule has 0 radical (unpaired) electrons. The zero-order valence-corrected chi connectivity index (χ0v) is 16.5. The van der Waals surface area contributed by atoms with Crippen LogP contribution in [0.4, 0.5) is 5.69 Å². The zero-order chi connectivity index (χ0) is 19.2. The van der Waals surface area contributed by atoms with Crippen molar-refractivity contribution in [2.45, 2.75) is 26.3 Å². The van der Waals surface area contributed by atoms with E-state index in [2.05, 4.69) is 43.8 Å². The van der Waals surface area contributed by atoms with Gasteiger partial charge in [-0.1, -0.05) is 34.1 Å². The summed E-state index contributed by atoms with van der Waals surface area (Å²) in [6.07, 6.45) is 1.15. The molecular formula is C19H20BrN5O2. The molecule has 2 amide bonds. The summed E-state index contributed by atoms with van der Waals surface area (Å²) in [6.45, 7) is 3.11. The SMILES string of the molecule is CCCn1nnc2cc(C(=O)NCCC(=O)Nc3cccc(Br)c3)ccc21. The largest absolute Gasteiger partial charge is 0.352 e. The molecular weight excluding hydrogens is 410 g/mol. The summed E-state index contributed by atoms with van der Waals surface area (Å²) in [6, 6.07) is 12.7. The summed E-state index contributed by atoms with van der Waals surface area (Å²) in [5.41, 5.74) is 2.80. The molecule has 0 aliphatic rings. The monoisotopic (exact) mass is 429 g/mol. The Hall–Kier alpha value is -2.74. The summed E-state index contributed by atoms with van der Waals surface area (Å²) < 4.78 is 2.71. The number of nitrogens with zero attached hydrogens (tertiary/aromatic N) is 3. The Morgan fingerprint density at radius 3 is 2.81 bits per heavy atom. The number of carbonyl (C=O) groups is 2. The molecule has 2 aromatic carbocycles. The van der Waals surface area contributed by atoms with Gasteiger partial charge in [-0.15, -0.1) is 5.10 Å². The Kier molecular flexibility index (Phi) is 6.18. The summed E-state index contributed by atoms with van der Waals surface area (Å²) >= 11 is 3.36. The highest BCUT2D eigenvalue weighted by molar-refractivity contribution is 9.10. The van der Waals surface area contributed by atoms with E-state index in [9.17, 15) is 9.59 Å². The van der Waals surface area contributed by atoms with Crippen LogP contribution in [0.25, 0.3) is 11.0 Å². The lowest BCUT2D eigenvalue weighted by Gasteiger charge is -2.07. The average Bonchev–Trinajstić information content (AvgIpc) is 3.04. The van der Waals surface area contributed by atoms with Gasteiger partial charge in [0.1, 0.15) is 5.52 Å². The summed E-state index contributed by atoms with van der Waals surface area (Å²) in [7, 11) is 0. The second-order valence-corrected chi connectivity index (χ2v) is 7.00. The van der Waals surface area contributed by atoms with Crippen molar-refractivity contribution in [2.24, 2.45) is 0 Å². The maximum absolute atomic E-state index is 12.3. The van der Waals surface area contributed by atoms with E-state index < -0.39 is 0 Å². The van der Waals surface area contributed by atoms with Gasteiger partial charge in [-0.2, -0.15) is 0 Å². The van der Waals surface area contributed by atoms with E-state index in [1.807, 2.05) is 35.0 Å². The number of aryl methyl sites for hydroxylation is 1. The van der Waals surface area contributed by atoms with Crippen LogP contribution in [0.3, 0.4) is 0 Å². The standard InChI is InChI=1S/C19H20BrN5O2/c1-2-10-25-17-7-6-13(11-16(17)23-24-25)19(27)21-9-8-18(26)22-15-5-3-4-14(20)12-15/h3-7,11-12H,2,8-10H2,1H3,(H,21,27)(H,22,26). The first-order valence-electron chi connectivity index (χ1n) is 8.73. The van der Waals surface area contributed by atoms with Gasteiger partial charge in [-0.05, 0) is 42.8 Å². The molecule has 2 N–H and O–H groups in total. The van der Waals surface area contributed by atoms with Gasteiger partial charge in [0.05, 0.1) is 5.52 Å². The lowest BCUT2D eigenvalue weighted by molar-refractivity contribution is -0.116. The number of hydrogen-bond donors (Lipinski definition) is 2. The Morgan fingerprint density at radius 1 is 1.19 bits per heavy atom. The number of hydrogen-bond acceptors (Lipinski definition) is 4. The fourth-order valence-electron chi connectivity index (χ4n) is 2.67. The van der Waals surface area contributed by atoms with Crippen LogP contribution in [0, 0.1) is 0 Å². The molecule has 8 heteroatoms. The molecule has 0 saturated heterocycles. The van der Waals surface area contributed by atoms with Crippen LogP contribution in [0.2, 0.25) is 0 Å². The second-order valence-electron chi connectivity index (χ2n) is 6.08. The van der Waals surface area contributed by atoms with Crippen LogP contribution in [0.1, 0.15) is 30.1 Å². The quantitative estimate of drug-likeness (QED) is 0.602. The minimum Gasteiger partial charge on any atom is -0.352 e. The molecule has 7 nitrogen and oxygen atoms in total. The minimum absolute atomic E-state index is 0.161. The maximum Gasteiger partial charge on any atom is 0.251 e. The van der Waals surface area contributed by atoms with Crippen LogP contribution < -0.4 is 10.6 Å². The number of anilines is 1. The van der Waals surface area contributed by atoms with Crippen molar-refractivity contribution in [3.8, 4) is 0 Å². The van der Waals surface area contributed by atoms with E-state index in [4.69, 9.17) is 0 Å². The van der Waals surface area contributed by atoms with Gasteiger partial charge in [0.25, 0.3) is 5.91 Å². The number of carbonyl (C=O) groups excluding carboxylic acids is 2. The van der Waals surface area contributed by atoms with Gasteiger partial charge in [0, 0.05) is 35.2 Å². The molecule has 0 atom stereocenters. The molecule has 0 fully saturated rings. The van der Waals surface area contributed by atoms with E-state index in [-0.39, 0.29) is 24.8 Å². The topological polar surface area (TPSA) is 88.9 Å². The van der Waals surface area contributed by atoms with E-state index >= 15 is 0 Å². The molecule has 1 aromatic heterocycles. The molecule has 27 heavy (non-hydrogen) atoms. The van der Waals surface area contributed by atoms with Gasteiger partial charge < -0.3 is 10.6 Å². The predicted octanol–water partition coefficient (Wildman–Crippen LogP) is 3.36. The van der Waals surface area contributed by atoms with Crippen molar-refractivity contribution in [3.63, 3.8) is 0 Å². The van der Waals surface area contributed by atoms with Gasteiger partial charge in [-0.3, -0.25) is 9.59 Å². The number of benzene rings is 2. The molecule has 1 heterocycles. The van der Waals surface area contributed by atoms with Crippen LogP contribution in [0.5, 0.6) is 0 Å². The summed E-state index contributed by atoms with van der Waals surface area (Å²) in [4.78, 5) is 24.3. The average molecular weight is 430 g/mol. The Balaban J connectivity index is 1.53. The van der Waals surface area contributed by atoms with Crippen LogP contribution in [-0.4, -0.2) is 33.4 Å². The Morgan fingerprint density at radius 2 is 2.04 bits per heavy atom. The fourth-order valence-corrected chi connectivity index (χ4v) is 3.07. The Bertz CT molecular complexity index is 970. The molecule has 140 valence electrons. The number of rotatable bonds is 7. The van der Waals surface area contributed by atoms with Gasteiger partial charge in [0.2, 0.25) is 5.91 Å². The highest BCUT2D eigenvalue weighted by Gasteiger charge is 2.11. The third-order valence-electron chi connectivity index (χ3n) is 3.96. The molecule has 0 aliphatic carbocycles. The highest BCUT2D eigenvalue weighted by Crippen LogP contribution is 2.16. The van der Waals surface area contributed by atoms with Crippen LogP contribution in [0.15, 0.2) is 46.9 Å². The number of nitrogens with one attached hydrogen (secondary N) is 2. The third kappa shape index (κ3) is 4.91. The number of fused-ring (bicyclic) bond motifs is 1. The number of amides is 2. The molecule has 0 bridgehead atoms. The molecule has 0 unspecified atom stereocenters. The van der Waals surface area contributed by atoms with Crippen LogP contribution in [-0.2, 0) is 11.3 Å². The van der Waals surface area contributed by atoms with E-state index in [1.54, 1.807) is 12.1 Å². The van der Waals surface area contributed by atoms with Crippen molar-refractivity contribution in [3.05, 3.63) is 52.5 Å². The first kappa shape index (κ1) is 19.0. The molecule has 0 aliphatic heterocycles. The second kappa shape index (κ2) is 8.77. The zero-order valence-electron chi connectivity index (χ0n) is 14.9. The molecule has 0 spiro atoms.